The summed E-state index contributed by atoms with van der Waals surface area (Å²) < 4.78 is 13.3. The predicted molar refractivity (Wildman–Crippen MR) is 62.0 cm³/mol. The number of H-pyrrole nitrogens is 1. The minimum absolute atomic E-state index is 0.220. The first-order valence-corrected chi connectivity index (χ1v) is 5.49. The molecule has 1 aromatic heterocycles. The third-order valence-electron chi connectivity index (χ3n) is 2.48. The van der Waals surface area contributed by atoms with Gasteiger partial charge in [0, 0.05) is 18.8 Å². The van der Waals surface area contributed by atoms with Crippen molar-refractivity contribution in [3.63, 3.8) is 0 Å². The Balaban J connectivity index is 2.14. The average molecular weight is 239 g/mol. The average Bonchev–Trinajstić information content (AvgIpc) is 2.74. The van der Waals surface area contributed by atoms with Crippen LogP contribution in [0.4, 0.5) is 4.39 Å². The Morgan fingerprint density at radius 1 is 1.50 bits per heavy atom. The van der Waals surface area contributed by atoms with Crippen molar-refractivity contribution >= 4 is 11.6 Å². The second kappa shape index (κ2) is 4.66. The summed E-state index contributed by atoms with van der Waals surface area (Å²) in [6, 6.07) is 5.07. The van der Waals surface area contributed by atoms with Crippen molar-refractivity contribution in [1.82, 2.24) is 9.97 Å². The monoisotopic (exact) mass is 238 g/mol. The lowest BCUT2D eigenvalue weighted by Crippen LogP contribution is -1.99. The maximum atomic E-state index is 13.3. The van der Waals surface area contributed by atoms with Gasteiger partial charge in [0.2, 0.25) is 0 Å². The molecular weight excluding hydrogens is 227 g/mol. The van der Waals surface area contributed by atoms with Crippen LogP contribution in [-0.2, 0) is 6.42 Å². The molecule has 0 fully saturated rings. The lowest BCUT2D eigenvalue weighted by Gasteiger charge is -2.09. The highest BCUT2D eigenvalue weighted by atomic mass is 35.5. The normalized spacial score (nSPS) is 12.7. The molecule has 0 radical (unpaired) electrons. The summed E-state index contributed by atoms with van der Waals surface area (Å²) in [5, 5.41) is -0.263. The smallest absolute Gasteiger partial charge is 0.126 e. The second-order valence-electron chi connectivity index (χ2n) is 3.72. The van der Waals surface area contributed by atoms with Crippen LogP contribution in [0.3, 0.4) is 0 Å². The zero-order valence-corrected chi connectivity index (χ0v) is 9.63. The fourth-order valence-electron chi connectivity index (χ4n) is 1.50. The van der Waals surface area contributed by atoms with Gasteiger partial charge in [-0.25, -0.2) is 9.37 Å². The molecule has 0 aliphatic heterocycles. The highest BCUT2D eigenvalue weighted by Gasteiger charge is 2.11. The van der Waals surface area contributed by atoms with Gasteiger partial charge in [0.15, 0.2) is 0 Å². The quantitative estimate of drug-likeness (QED) is 0.816. The molecule has 4 heteroatoms. The molecule has 0 amide bonds. The van der Waals surface area contributed by atoms with E-state index in [1.165, 1.54) is 6.07 Å². The van der Waals surface area contributed by atoms with Gasteiger partial charge >= 0.3 is 0 Å². The van der Waals surface area contributed by atoms with E-state index in [1.54, 1.807) is 25.4 Å². The summed E-state index contributed by atoms with van der Waals surface area (Å²) in [6.45, 7) is 1.73. The SMILES string of the molecule is Cc1ccc(C(Cl)Cc2ncc[nH]2)cc1F. The summed E-state index contributed by atoms with van der Waals surface area (Å²) in [7, 11) is 0. The molecular formula is C12H12ClFN2. The largest absolute Gasteiger partial charge is 0.349 e. The van der Waals surface area contributed by atoms with Crippen LogP contribution in [0.5, 0.6) is 0 Å². The molecule has 1 unspecified atom stereocenters. The van der Waals surface area contributed by atoms with Gasteiger partial charge in [0.1, 0.15) is 11.6 Å². The molecule has 1 aromatic carbocycles. The van der Waals surface area contributed by atoms with Crippen molar-refractivity contribution in [3.8, 4) is 0 Å². The van der Waals surface area contributed by atoms with Gasteiger partial charge in [0.05, 0.1) is 5.38 Å². The molecule has 2 nitrogen and oxygen atoms in total. The maximum absolute atomic E-state index is 13.3. The molecule has 1 N–H and O–H groups in total. The number of imidazole rings is 1. The zero-order chi connectivity index (χ0) is 11.5. The topological polar surface area (TPSA) is 28.7 Å². The number of aromatic amines is 1. The lowest BCUT2D eigenvalue weighted by molar-refractivity contribution is 0.615. The van der Waals surface area contributed by atoms with Crippen LogP contribution in [0.2, 0.25) is 0 Å². The van der Waals surface area contributed by atoms with E-state index >= 15 is 0 Å². The third-order valence-corrected chi connectivity index (χ3v) is 2.89. The first kappa shape index (κ1) is 11.1. The van der Waals surface area contributed by atoms with E-state index in [0.717, 1.165) is 11.4 Å². The number of halogens is 2. The molecule has 0 aliphatic rings. The molecule has 0 saturated carbocycles. The molecule has 16 heavy (non-hydrogen) atoms. The van der Waals surface area contributed by atoms with E-state index in [4.69, 9.17) is 11.6 Å². The number of alkyl halides is 1. The highest BCUT2D eigenvalue weighted by Crippen LogP contribution is 2.25. The second-order valence-corrected chi connectivity index (χ2v) is 4.24. The summed E-state index contributed by atoms with van der Waals surface area (Å²) in [4.78, 5) is 7.06. The molecule has 0 saturated heterocycles. The van der Waals surface area contributed by atoms with Crippen LogP contribution in [0.25, 0.3) is 0 Å². The predicted octanol–water partition coefficient (Wildman–Crippen LogP) is 3.38. The summed E-state index contributed by atoms with van der Waals surface area (Å²) in [5.74, 6) is 0.587. The van der Waals surface area contributed by atoms with E-state index in [9.17, 15) is 4.39 Å². The standard InChI is InChI=1S/C12H12ClFN2/c1-8-2-3-9(6-11(8)14)10(13)7-12-15-4-5-16-12/h2-6,10H,7H2,1H3,(H,15,16). The Morgan fingerprint density at radius 2 is 2.31 bits per heavy atom. The van der Waals surface area contributed by atoms with Gasteiger partial charge < -0.3 is 4.98 Å². The molecule has 0 spiro atoms. The molecule has 2 aromatic rings. The van der Waals surface area contributed by atoms with Gasteiger partial charge in [-0.05, 0) is 24.1 Å². The Kier molecular flexibility index (Phi) is 3.25. The van der Waals surface area contributed by atoms with Crippen LogP contribution in [0, 0.1) is 12.7 Å². The van der Waals surface area contributed by atoms with Crippen molar-refractivity contribution in [2.24, 2.45) is 0 Å². The van der Waals surface area contributed by atoms with Gasteiger partial charge in [-0.1, -0.05) is 12.1 Å². The van der Waals surface area contributed by atoms with Crippen LogP contribution in [0.15, 0.2) is 30.6 Å². The van der Waals surface area contributed by atoms with Crippen molar-refractivity contribution in [2.75, 3.05) is 0 Å². The first-order valence-electron chi connectivity index (χ1n) is 5.05. The maximum Gasteiger partial charge on any atom is 0.126 e. The van der Waals surface area contributed by atoms with E-state index in [0.29, 0.717) is 12.0 Å². The number of hydrogen-bond acceptors (Lipinski definition) is 1. The lowest BCUT2D eigenvalue weighted by atomic mass is 10.1. The van der Waals surface area contributed by atoms with Gasteiger partial charge in [-0.15, -0.1) is 11.6 Å². The van der Waals surface area contributed by atoms with Crippen LogP contribution >= 0.6 is 11.6 Å². The molecule has 0 bridgehead atoms. The van der Waals surface area contributed by atoms with Crippen LogP contribution in [0.1, 0.15) is 22.3 Å². The number of hydrogen-bond donors (Lipinski definition) is 1. The molecule has 0 aliphatic carbocycles. The first-order chi connectivity index (χ1) is 7.66. The fourth-order valence-corrected chi connectivity index (χ4v) is 1.78. The molecule has 84 valence electrons. The number of benzene rings is 1. The van der Waals surface area contributed by atoms with E-state index in [-0.39, 0.29) is 11.2 Å². The number of rotatable bonds is 3. The van der Waals surface area contributed by atoms with E-state index in [2.05, 4.69) is 9.97 Å². The number of aromatic nitrogens is 2. The van der Waals surface area contributed by atoms with E-state index in [1.807, 2.05) is 6.07 Å². The Morgan fingerprint density at radius 3 is 2.94 bits per heavy atom. The van der Waals surface area contributed by atoms with E-state index < -0.39 is 0 Å². The zero-order valence-electron chi connectivity index (χ0n) is 8.87. The molecule has 1 atom stereocenters. The minimum Gasteiger partial charge on any atom is -0.349 e. The van der Waals surface area contributed by atoms with Gasteiger partial charge in [0.25, 0.3) is 0 Å². The Labute approximate surface area is 98.5 Å². The van der Waals surface area contributed by atoms with Gasteiger partial charge in [-0.2, -0.15) is 0 Å². The van der Waals surface area contributed by atoms with Crippen LogP contribution in [-0.4, -0.2) is 9.97 Å². The number of nitrogens with one attached hydrogen (secondary N) is 1. The Hall–Kier alpha value is -1.35. The van der Waals surface area contributed by atoms with Crippen LogP contribution < -0.4 is 0 Å². The fraction of sp³-hybridized carbons (Fsp3) is 0.250. The number of aryl methyl sites for hydroxylation is 1. The molecule has 2 rings (SSSR count). The highest BCUT2D eigenvalue weighted by molar-refractivity contribution is 6.20. The number of nitrogens with zero attached hydrogens (tertiary/aromatic N) is 1. The minimum atomic E-state index is -0.263. The third kappa shape index (κ3) is 2.42. The summed E-state index contributed by atoms with van der Waals surface area (Å²) in [5.41, 5.74) is 1.41. The van der Waals surface area contributed by atoms with Crippen molar-refractivity contribution < 1.29 is 4.39 Å². The van der Waals surface area contributed by atoms with Gasteiger partial charge in [-0.3, -0.25) is 0 Å². The molecule has 1 heterocycles. The van der Waals surface area contributed by atoms with Crippen molar-refractivity contribution in [2.45, 2.75) is 18.7 Å². The summed E-state index contributed by atoms with van der Waals surface area (Å²) in [6.07, 6.45) is 3.99. The Bertz CT molecular complexity index is 468. The van der Waals surface area contributed by atoms with Crippen molar-refractivity contribution in [1.29, 1.82) is 0 Å². The van der Waals surface area contributed by atoms with Crippen molar-refractivity contribution in [3.05, 3.63) is 53.4 Å². The summed E-state index contributed by atoms with van der Waals surface area (Å²) >= 11 is 6.20.